The normalized spacial score (nSPS) is 15.5. The fraction of sp³-hybridized carbons (Fsp3) is 0.476. The van der Waals surface area contributed by atoms with Crippen LogP contribution >= 0.6 is 11.3 Å². The molecule has 0 saturated carbocycles. The van der Waals surface area contributed by atoms with E-state index in [1.54, 1.807) is 16.2 Å². The van der Waals surface area contributed by atoms with Crippen LogP contribution in [0.25, 0.3) is 10.6 Å². The second-order valence-electron chi connectivity index (χ2n) is 8.16. The van der Waals surface area contributed by atoms with Crippen molar-refractivity contribution >= 4 is 23.2 Å². The molecule has 0 aliphatic carbocycles. The van der Waals surface area contributed by atoms with Crippen LogP contribution in [0, 0.1) is 5.92 Å². The number of aromatic nitrogens is 1. The van der Waals surface area contributed by atoms with Crippen LogP contribution < -0.4 is 10.5 Å². The lowest BCUT2D eigenvalue weighted by atomic mass is 9.93. The highest BCUT2D eigenvalue weighted by atomic mass is 32.1. The molecule has 6 nitrogen and oxygen atoms in total. The van der Waals surface area contributed by atoms with Crippen molar-refractivity contribution in [2.24, 2.45) is 11.7 Å². The van der Waals surface area contributed by atoms with Crippen molar-refractivity contribution in [3.05, 3.63) is 35.3 Å². The number of benzene rings is 1. The maximum atomic E-state index is 12.3. The van der Waals surface area contributed by atoms with E-state index in [-0.39, 0.29) is 29.8 Å². The Kier molecular flexibility index (Phi) is 6.03. The molecule has 2 amide bonds. The number of piperidine rings is 1. The second kappa shape index (κ2) is 8.31. The third kappa shape index (κ3) is 4.90. The van der Waals surface area contributed by atoms with Gasteiger partial charge in [-0.15, -0.1) is 11.3 Å². The van der Waals surface area contributed by atoms with Crippen LogP contribution in [-0.4, -0.2) is 41.4 Å². The number of primary amides is 1. The molecule has 7 heteroatoms. The number of hydrogen-bond acceptors (Lipinski definition) is 5. The van der Waals surface area contributed by atoms with Gasteiger partial charge < -0.3 is 15.4 Å². The van der Waals surface area contributed by atoms with E-state index in [0.717, 1.165) is 16.3 Å². The summed E-state index contributed by atoms with van der Waals surface area (Å²) < 4.78 is 5.65. The van der Waals surface area contributed by atoms with E-state index in [1.807, 2.05) is 24.3 Å². The summed E-state index contributed by atoms with van der Waals surface area (Å²) in [5.74, 6) is 0.180. The molecule has 1 aliphatic heterocycles. The van der Waals surface area contributed by atoms with Crippen molar-refractivity contribution in [1.29, 1.82) is 0 Å². The van der Waals surface area contributed by atoms with Crippen LogP contribution in [0.3, 0.4) is 0 Å². The lowest BCUT2D eigenvalue weighted by Gasteiger charge is -2.30. The lowest BCUT2D eigenvalue weighted by Crippen LogP contribution is -2.43. The van der Waals surface area contributed by atoms with Crippen LogP contribution in [0.2, 0.25) is 0 Å². The van der Waals surface area contributed by atoms with Crippen molar-refractivity contribution in [1.82, 2.24) is 9.88 Å². The molecule has 0 radical (unpaired) electrons. The van der Waals surface area contributed by atoms with Gasteiger partial charge in [-0.05, 0) is 37.1 Å². The average Bonchev–Trinajstić information content (AvgIpc) is 3.17. The number of likely N-dealkylation sites (tertiary alicyclic amines) is 1. The summed E-state index contributed by atoms with van der Waals surface area (Å²) in [6.45, 7) is 7.54. The van der Waals surface area contributed by atoms with Crippen LogP contribution in [0.5, 0.6) is 5.75 Å². The first kappa shape index (κ1) is 20.3. The van der Waals surface area contributed by atoms with Crippen LogP contribution in [0.4, 0.5) is 0 Å². The first-order valence-electron chi connectivity index (χ1n) is 9.50. The highest BCUT2D eigenvalue weighted by Gasteiger charge is 2.26. The van der Waals surface area contributed by atoms with E-state index >= 15 is 0 Å². The quantitative estimate of drug-likeness (QED) is 0.834. The maximum Gasteiger partial charge on any atom is 0.260 e. The van der Waals surface area contributed by atoms with Gasteiger partial charge in [0.2, 0.25) is 5.91 Å². The van der Waals surface area contributed by atoms with Gasteiger partial charge in [-0.3, -0.25) is 9.59 Å². The van der Waals surface area contributed by atoms with E-state index in [1.165, 1.54) is 0 Å². The minimum atomic E-state index is -0.279. The largest absolute Gasteiger partial charge is 0.484 e. The molecule has 3 rings (SSSR count). The van der Waals surface area contributed by atoms with Crippen LogP contribution in [0.15, 0.2) is 29.6 Å². The fourth-order valence-corrected chi connectivity index (χ4v) is 4.15. The van der Waals surface area contributed by atoms with Crippen molar-refractivity contribution in [2.45, 2.75) is 39.0 Å². The minimum absolute atomic E-state index is 0.00793. The zero-order chi connectivity index (χ0) is 20.3. The Morgan fingerprint density at radius 1 is 1.21 bits per heavy atom. The van der Waals surface area contributed by atoms with E-state index in [2.05, 4.69) is 26.2 Å². The molecule has 0 atom stereocenters. The molecule has 1 fully saturated rings. The number of carbonyl (C=O) groups excluding carboxylic acids is 2. The predicted octanol–water partition coefficient (Wildman–Crippen LogP) is 3.21. The van der Waals surface area contributed by atoms with E-state index in [9.17, 15) is 9.59 Å². The number of thiazole rings is 1. The summed E-state index contributed by atoms with van der Waals surface area (Å²) in [6.07, 6.45) is 1.25. The van der Waals surface area contributed by atoms with Gasteiger partial charge in [0.15, 0.2) is 6.61 Å². The van der Waals surface area contributed by atoms with E-state index in [4.69, 9.17) is 15.5 Å². The Bertz CT molecular complexity index is 831. The van der Waals surface area contributed by atoms with Gasteiger partial charge in [-0.2, -0.15) is 0 Å². The molecule has 2 aromatic rings. The Hall–Kier alpha value is -2.41. The number of nitrogens with two attached hydrogens (primary N) is 1. The molecule has 28 heavy (non-hydrogen) atoms. The number of rotatable bonds is 5. The molecule has 0 bridgehead atoms. The van der Waals surface area contributed by atoms with Gasteiger partial charge in [-0.25, -0.2) is 4.98 Å². The zero-order valence-corrected chi connectivity index (χ0v) is 17.4. The molecule has 150 valence electrons. The molecule has 1 saturated heterocycles. The van der Waals surface area contributed by atoms with Gasteiger partial charge in [0.05, 0.1) is 5.69 Å². The summed E-state index contributed by atoms with van der Waals surface area (Å²) in [7, 11) is 0. The zero-order valence-electron chi connectivity index (χ0n) is 16.6. The third-order valence-corrected chi connectivity index (χ3v) is 5.88. The van der Waals surface area contributed by atoms with E-state index in [0.29, 0.717) is 31.7 Å². The highest BCUT2D eigenvalue weighted by molar-refractivity contribution is 7.13. The van der Waals surface area contributed by atoms with Gasteiger partial charge in [0.1, 0.15) is 10.8 Å². The number of hydrogen-bond donors (Lipinski definition) is 1. The Balaban J connectivity index is 1.53. The van der Waals surface area contributed by atoms with Crippen molar-refractivity contribution < 1.29 is 14.3 Å². The molecule has 1 aromatic carbocycles. The number of nitrogens with zero attached hydrogens (tertiary/aromatic N) is 2. The molecule has 0 unspecified atom stereocenters. The molecular weight excluding hydrogens is 374 g/mol. The lowest BCUT2D eigenvalue weighted by molar-refractivity contribution is -0.136. The fourth-order valence-electron chi connectivity index (χ4n) is 3.09. The first-order valence-corrected chi connectivity index (χ1v) is 10.4. The monoisotopic (exact) mass is 401 g/mol. The smallest absolute Gasteiger partial charge is 0.260 e. The summed E-state index contributed by atoms with van der Waals surface area (Å²) in [6, 6.07) is 7.65. The highest BCUT2D eigenvalue weighted by Crippen LogP contribution is 2.30. The summed E-state index contributed by atoms with van der Waals surface area (Å²) >= 11 is 1.63. The van der Waals surface area contributed by atoms with Crippen molar-refractivity contribution in [2.75, 3.05) is 19.7 Å². The first-order chi connectivity index (χ1) is 13.2. The van der Waals surface area contributed by atoms with Gasteiger partial charge in [0.25, 0.3) is 5.91 Å². The number of carbonyl (C=O) groups is 2. The van der Waals surface area contributed by atoms with Gasteiger partial charge in [-0.1, -0.05) is 20.8 Å². The van der Waals surface area contributed by atoms with Gasteiger partial charge in [0, 0.05) is 35.4 Å². The van der Waals surface area contributed by atoms with Crippen molar-refractivity contribution in [3.8, 4) is 16.3 Å². The van der Waals surface area contributed by atoms with E-state index < -0.39 is 0 Å². The summed E-state index contributed by atoms with van der Waals surface area (Å²) in [4.78, 5) is 30.0. The standard InChI is InChI=1S/C21H27N3O3S/c1-21(2,3)17-13-28-20(23-17)15-4-6-16(7-5-15)27-12-18(25)24-10-8-14(9-11-24)19(22)26/h4-7,13-14H,8-12H2,1-3H3,(H2,22,26). The predicted molar refractivity (Wildman–Crippen MR) is 110 cm³/mol. The Morgan fingerprint density at radius 3 is 2.39 bits per heavy atom. The van der Waals surface area contributed by atoms with Crippen LogP contribution in [0.1, 0.15) is 39.3 Å². The molecular formula is C21H27N3O3S. The second-order valence-corrected chi connectivity index (χ2v) is 9.02. The van der Waals surface area contributed by atoms with Crippen LogP contribution in [-0.2, 0) is 15.0 Å². The Morgan fingerprint density at radius 2 is 1.86 bits per heavy atom. The molecule has 2 heterocycles. The number of amides is 2. The SMILES string of the molecule is CC(C)(C)c1csc(-c2ccc(OCC(=O)N3CCC(C(N)=O)CC3)cc2)n1. The topological polar surface area (TPSA) is 85.5 Å². The summed E-state index contributed by atoms with van der Waals surface area (Å²) in [5, 5.41) is 3.07. The van der Waals surface area contributed by atoms with Gasteiger partial charge >= 0.3 is 0 Å². The molecule has 1 aliphatic rings. The number of ether oxygens (including phenoxy) is 1. The third-order valence-electron chi connectivity index (χ3n) is 4.99. The molecule has 1 aromatic heterocycles. The maximum absolute atomic E-state index is 12.3. The molecule has 2 N–H and O–H groups in total. The minimum Gasteiger partial charge on any atom is -0.484 e. The average molecular weight is 402 g/mol. The summed E-state index contributed by atoms with van der Waals surface area (Å²) in [5.41, 5.74) is 7.48. The molecule has 0 spiro atoms. The van der Waals surface area contributed by atoms with Crippen molar-refractivity contribution in [3.63, 3.8) is 0 Å². The Labute approximate surface area is 169 Å².